The van der Waals surface area contributed by atoms with E-state index in [2.05, 4.69) is 29.1 Å². The summed E-state index contributed by atoms with van der Waals surface area (Å²) in [5, 5.41) is 5.58. The second kappa shape index (κ2) is 5.06. The summed E-state index contributed by atoms with van der Waals surface area (Å²) in [6.07, 6.45) is 4.70. The first-order chi connectivity index (χ1) is 9.70. The van der Waals surface area contributed by atoms with Crippen molar-refractivity contribution in [2.45, 2.75) is 19.4 Å². The molecule has 20 heavy (non-hydrogen) atoms. The summed E-state index contributed by atoms with van der Waals surface area (Å²) in [5.74, 6) is 0. The smallest absolute Gasteiger partial charge is 0.0705 e. The number of aryl methyl sites for hydroxylation is 2. The van der Waals surface area contributed by atoms with Gasteiger partial charge in [0.25, 0.3) is 0 Å². The predicted molar refractivity (Wildman–Crippen MR) is 80.4 cm³/mol. The number of hydrogen-bond acceptors (Lipinski definition) is 3. The molecule has 4 nitrogen and oxygen atoms in total. The minimum atomic E-state index is -0.174. The highest BCUT2D eigenvalue weighted by Crippen LogP contribution is 2.28. The molecule has 0 radical (unpaired) electrons. The number of aromatic nitrogens is 3. The van der Waals surface area contributed by atoms with E-state index in [0.29, 0.717) is 0 Å². The van der Waals surface area contributed by atoms with Crippen LogP contribution < -0.4 is 5.73 Å². The predicted octanol–water partition coefficient (Wildman–Crippen LogP) is 2.58. The van der Waals surface area contributed by atoms with Crippen molar-refractivity contribution in [2.75, 3.05) is 0 Å². The van der Waals surface area contributed by atoms with Gasteiger partial charge in [0.1, 0.15) is 0 Å². The summed E-state index contributed by atoms with van der Waals surface area (Å²) in [5.41, 5.74) is 10.7. The molecule has 0 aliphatic rings. The molecule has 0 saturated heterocycles. The molecule has 0 spiro atoms. The molecule has 0 aliphatic heterocycles. The van der Waals surface area contributed by atoms with Crippen molar-refractivity contribution in [3.05, 3.63) is 59.5 Å². The Bertz CT molecular complexity index is 740. The fourth-order valence-corrected chi connectivity index (χ4v) is 2.65. The third kappa shape index (κ3) is 2.08. The Morgan fingerprint density at radius 2 is 2.05 bits per heavy atom. The molecule has 1 aromatic carbocycles. The Morgan fingerprint density at radius 1 is 1.20 bits per heavy atom. The largest absolute Gasteiger partial charge is 0.320 e. The normalized spacial score (nSPS) is 12.8. The van der Waals surface area contributed by atoms with E-state index in [9.17, 15) is 0 Å². The van der Waals surface area contributed by atoms with Gasteiger partial charge in [-0.3, -0.25) is 9.67 Å². The summed E-state index contributed by atoms with van der Waals surface area (Å²) in [6.45, 7) is 2.10. The molecule has 0 aliphatic carbocycles. The van der Waals surface area contributed by atoms with E-state index >= 15 is 0 Å². The molecular weight excluding hydrogens is 248 g/mol. The quantitative estimate of drug-likeness (QED) is 0.792. The summed E-state index contributed by atoms with van der Waals surface area (Å²) in [6, 6.07) is 9.93. The Balaban J connectivity index is 2.15. The van der Waals surface area contributed by atoms with Gasteiger partial charge in [0.15, 0.2) is 0 Å². The van der Waals surface area contributed by atoms with Gasteiger partial charge in [-0.1, -0.05) is 25.1 Å². The highest BCUT2D eigenvalue weighted by molar-refractivity contribution is 5.82. The van der Waals surface area contributed by atoms with Crippen molar-refractivity contribution in [3.63, 3.8) is 0 Å². The van der Waals surface area contributed by atoms with Crippen LogP contribution in [0.4, 0.5) is 0 Å². The van der Waals surface area contributed by atoms with E-state index in [4.69, 9.17) is 5.73 Å². The van der Waals surface area contributed by atoms with Crippen LogP contribution in [-0.2, 0) is 13.5 Å². The molecule has 2 heterocycles. The fourth-order valence-electron chi connectivity index (χ4n) is 2.65. The molecular formula is C16H18N4. The number of nitrogens with zero attached hydrogens (tertiary/aromatic N) is 3. The number of rotatable bonds is 3. The van der Waals surface area contributed by atoms with E-state index in [1.54, 1.807) is 6.20 Å². The summed E-state index contributed by atoms with van der Waals surface area (Å²) in [4.78, 5) is 4.39. The number of fused-ring (bicyclic) bond motifs is 1. The maximum Gasteiger partial charge on any atom is 0.0705 e. The van der Waals surface area contributed by atoms with Gasteiger partial charge >= 0.3 is 0 Å². The molecule has 0 fully saturated rings. The number of hydrogen-bond donors (Lipinski definition) is 1. The Labute approximate surface area is 118 Å². The summed E-state index contributed by atoms with van der Waals surface area (Å²) < 4.78 is 1.83. The van der Waals surface area contributed by atoms with Crippen LogP contribution in [0, 0.1) is 0 Å². The lowest BCUT2D eigenvalue weighted by Gasteiger charge is -2.14. The first-order valence-corrected chi connectivity index (χ1v) is 6.82. The lowest BCUT2D eigenvalue weighted by Crippen LogP contribution is -2.13. The van der Waals surface area contributed by atoms with E-state index in [1.165, 1.54) is 0 Å². The molecule has 4 heteroatoms. The second-order valence-electron chi connectivity index (χ2n) is 4.95. The molecule has 0 bridgehead atoms. The molecule has 102 valence electrons. The summed E-state index contributed by atoms with van der Waals surface area (Å²) in [7, 11) is 1.93. The van der Waals surface area contributed by atoms with Gasteiger partial charge < -0.3 is 5.73 Å². The zero-order valence-electron chi connectivity index (χ0n) is 11.7. The minimum Gasteiger partial charge on any atom is -0.320 e. The van der Waals surface area contributed by atoms with Gasteiger partial charge in [-0.05, 0) is 24.1 Å². The van der Waals surface area contributed by atoms with Crippen LogP contribution in [0.15, 0.2) is 42.7 Å². The Morgan fingerprint density at radius 3 is 2.85 bits per heavy atom. The monoisotopic (exact) mass is 266 g/mol. The number of nitrogens with two attached hydrogens (primary N) is 1. The van der Waals surface area contributed by atoms with E-state index < -0.39 is 0 Å². The van der Waals surface area contributed by atoms with Gasteiger partial charge in [-0.15, -0.1) is 0 Å². The van der Waals surface area contributed by atoms with Gasteiger partial charge in [-0.2, -0.15) is 5.10 Å². The lowest BCUT2D eigenvalue weighted by molar-refractivity contribution is 0.746. The highest BCUT2D eigenvalue weighted by Gasteiger charge is 2.17. The zero-order valence-corrected chi connectivity index (χ0v) is 11.7. The second-order valence-corrected chi connectivity index (χ2v) is 4.95. The van der Waals surface area contributed by atoms with Crippen molar-refractivity contribution in [1.82, 2.24) is 14.8 Å². The number of pyridine rings is 1. The highest BCUT2D eigenvalue weighted by atomic mass is 15.3. The zero-order chi connectivity index (χ0) is 14.1. The van der Waals surface area contributed by atoms with Crippen LogP contribution >= 0.6 is 0 Å². The van der Waals surface area contributed by atoms with Crippen molar-refractivity contribution < 1.29 is 0 Å². The lowest BCUT2D eigenvalue weighted by atomic mass is 9.96. The van der Waals surface area contributed by atoms with Crippen LogP contribution in [0.3, 0.4) is 0 Å². The molecule has 2 N–H and O–H groups in total. The minimum absolute atomic E-state index is 0.174. The van der Waals surface area contributed by atoms with E-state index in [0.717, 1.165) is 34.1 Å². The van der Waals surface area contributed by atoms with E-state index in [-0.39, 0.29) is 6.04 Å². The van der Waals surface area contributed by atoms with Crippen molar-refractivity contribution >= 4 is 10.9 Å². The molecule has 1 unspecified atom stereocenters. The molecule has 0 amide bonds. The summed E-state index contributed by atoms with van der Waals surface area (Å²) >= 11 is 0. The van der Waals surface area contributed by atoms with Crippen molar-refractivity contribution in [3.8, 4) is 0 Å². The van der Waals surface area contributed by atoms with Crippen molar-refractivity contribution in [2.24, 2.45) is 12.8 Å². The molecule has 0 saturated carbocycles. The fraction of sp³-hybridized carbons (Fsp3) is 0.250. The average molecular weight is 266 g/mol. The van der Waals surface area contributed by atoms with Gasteiger partial charge in [0.2, 0.25) is 0 Å². The SMILES string of the molecule is CCc1nn(C)cc1C(N)c1cccc2ncccc12. The molecule has 3 aromatic rings. The molecule has 3 rings (SSSR count). The van der Waals surface area contributed by atoms with Crippen molar-refractivity contribution in [1.29, 1.82) is 0 Å². The maximum absolute atomic E-state index is 6.49. The third-order valence-corrected chi connectivity index (χ3v) is 3.62. The van der Waals surface area contributed by atoms with Crippen LogP contribution in [0.2, 0.25) is 0 Å². The molecule has 1 atom stereocenters. The molecule has 2 aromatic heterocycles. The average Bonchev–Trinajstić information content (AvgIpc) is 2.87. The van der Waals surface area contributed by atoms with Crippen LogP contribution in [0.25, 0.3) is 10.9 Å². The van der Waals surface area contributed by atoms with E-state index in [1.807, 2.05) is 36.1 Å². The third-order valence-electron chi connectivity index (χ3n) is 3.62. The first kappa shape index (κ1) is 12.8. The Kier molecular flexibility index (Phi) is 3.24. The topological polar surface area (TPSA) is 56.7 Å². The standard InChI is InChI=1S/C16H18N4/c1-3-14-13(10-20(2)19-14)16(17)12-6-4-8-15-11(12)7-5-9-18-15/h4-10,16H,3,17H2,1-2H3. The van der Waals surface area contributed by atoms with Crippen LogP contribution in [0.5, 0.6) is 0 Å². The first-order valence-electron chi connectivity index (χ1n) is 6.82. The van der Waals surface area contributed by atoms with Gasteiger partial charge in [-0.25, -0.2) is 0 Å². The van der Waals surface area contributed by atoms with Crippen LogP contribution in [0.1, 0.15) is 29.8 Å². The maximum atomic E-state index is 6.49. The van der Waals surface area contributed by atoms with Gasteiger partial charge in [0, 0.05) is 30.4 Å². The Hall–Kier alpha value is -2.20. The van der Waals surface area contributed by atoms with Crippen LogP contribution in [-0.4, -0.2) is 14.8 Å². The number of benzene rings is 1. The van der Waals surface area contributed by atoms with Gasteiger partial charge in [0.05, 0.1) is 17.3 Å².